The Bertz CT molecular complexity index is 1170. The van der Waals surface area contributed by atoms with E-state index >= 15 is 0 Å². The number of aryl methyl sites for hydroxylation is 1. The lowest BCUT2D eigenvalue weighted by Gasteiger charge is -2.32. The number of hydrogen-bond acceptors (Lipinski definition) is 4. The molecule has 0 aromatic heterocycles. The van der Waals surface area contributed by atoms with Crippen LogP contribution in [0.1, 0.15) is 43.4 Å². The summed E-state index contributed by atoms with van der Waals surface area (Å²) < 4.78 is 26.5. The average molecular weight is 543 g/mol. The Balaban J connectivity index is 2.43. The third-order valence-corrected chi connectivity index (χ3v) is 7.59. The summed E-state index contributed by atoms with van der Waals surface area (Å²) in [4.78, 5) is 27.8. The normalized spacial score (nSPS) is 12.2. The maximum Gasteiger partial charge on any atom is 0.244 e. The molecule has 10 heteroatoms. The molecule has 0 saturated carbocycles. The highest BCUT2D eigenvalue weighted by atomic mass is 35.5. The summed E-state index contributed by atoms with van der Waals surface area (Å²) in [7, 11) is -3.79. The second-order valence-electron chi connectivity index (χ2n) is 8.57. The van der Waals surface area contributed by atoms with Crippen molar-refractivity contribution in [2.45, 2.75) is 53.1 Å². The maximum atomic E-state index is 13.6. The van der Waals surface area contributed by atoms with Gasteiger partial charge in [0.15, 0.2) is 0 Å². The van der Waals surface area contributed by atoms with Gasteiger partial charge in [-0.05, 0) is 62.1 Å². The van der Waals surface area contributed by atoms with Crippen molar-refractivity contribution in [1.29, 1.82) is 0 Å². The lowest BCUT2D eigenvalue weighted by molar-refractivity contribution is -0.139. The second kappa shape index (κ2) is 12.6. The second-order valence-corrected chi connectivity index (χ2v) is 11.3. The van der Waals surface area contributed by atoms with Crippen molar-refractivity contribution < 1.29 is 18.0 Å². The zero-order valence-corrected chi connectivity index (χ0v) is 23.1. The Morgan fingerprint density at radius 2 is 1.80 bits per heavy atom. The van der Waals surface area contributed by atoms with Gasteiger partial charge in [-0.1, -0.05) is 54.7 Å². The molecule has 35 heavy (non-hydrogen) atoms. The number of nitrogens with one attached hydrogen (secondary N) is 1. The predicted octanol–water partition coefficient (Wildman–Crippen LogP) is 4.71. The van der Waals surface area contributed by atoms with Crippen molar-refractivity contribution in [2.75, 3.05) is 23.7 Å². The van der Waals surface area contributed by atoms with E-state index in [1.54, 1.807) is 37.3 Å². The molecule has 2 rings (SSSR count). The zero-order valence-electron chi connectivity index (χ0n) is 20.8. The topological polar surface area (TPSA) is 86.8 Å². The molecule has 1 atom stereocenters. The third kappa shape index (κ3) is 7.85. The van der Waals surface area contributed by atoms with Crippen LogP contribution in [0.2, 0.25) is 10.0 Å². The smallest absolute Gasteiger partial charge is 0.244 e. The van der Waals surface area contributed by atoms with Crippen LogP contribution in [0.15, 0.2) is 36.4 Å². The van der Waals surface area contributed by atoms with Crippen LogP contribution in [0.25, 0.3) is 0 Å². The molecule has 0 aliphatic heterocycles. The van der Waals surface area contributed by atoms with Gasteiger partial charge in [-0.2, -0.15) is 0 Å². The van der Waals surface area contributed by atoms with Crippen molar-refractivity contribution in [3.05, 3.63) is 63.1 Å². The molecule has 0 radical (unpaired) electrons. The molecule has 0 unspecified atom stereocenters. The Kier molecular flexibility index (Phi) is 10.4. The van der Waals surface area contributed by atoms with Crippen LogP contribution in [-0.2, 0) is 26.2 Å². The minimum absolute atomic E-state index is 0.0155. The number of carbonyl (C=O) groups is 2. The fourth-order valence-corrected chi connectivity index (χ4v) is 4.92. The minimum atomic E-state index is -3.79. The Morgan fingerprint density at radius 3 is 2.40 bits per heavy atom. The van der Waals surface area contributed by atoms with Gasteiger partial charge in [-0.3, -0.25) is 13.9 Å². The van der Waals surface area contributed by atoms with Crippen LogP contribution in [-0.4, -0.2) is 50.5 Å². The molecule has 0 spiro atoms. The lowest BCUT2D eigenvalue weighted by Crippen LogP contribution is -2.51. The molecule has 7 nitrogen and oxygen atoms in total. The number of amides is 2. The van der Waals surface area contributed by atoms with Crippen LogP contribution in [0.5, 0.6) is 0 Å². The van der Waals surface area contributed by atoms with Gasteiger partial charge in [0.05, 0.1) is 11.9 Å². The molecule has 0 aliphatic carbocycles. The summed E-state index contributed by atoms with van der Waals surface area (Å²) in [6.45, 7) is 7.36. The van der Waals surface area contributed by atoms with E-state index in [0.717, 1.165) is 34.5 Å². The molecule has 1 N–H and O–H groups in total. The summed E-state index contributed by atoms with van der Waals surface area (Å²) in [6.07, 6.45) is 2.78. The van der Waals surface area contributed by atoms with E-state index in [0.29, 0.717) is 27.8 Å². The largest absolute Gasteiger partial charge is 0.354 e. The molecule has 2 aromatic carbocycles. The fraction of sp³-hybridized carbons (Fsp3) is 0.440. The van der Waals surface area contributed by atoms with Crippen LogP contribution >= 0.6 is 23.2 Å². The van der Waals surface area contributed by atoms with Gasteiger partial charge in [-0.15, -0.1) is 0 Å². The number of nitrogens with zero attached hydrogens (tertiary/aromatic N) is 2. The molecule has 0 aliphatic rings. The van der Waals surface area contributed by atoms with Crippen LogP contribution < -0.4 is 9.62 Å². The number of sulfonamides is 1. The predicted molar refractivity (Wildman–Crippen MR) is 142 cm³/mol. The summed E-state index contributed by atoms with van der Waals surface area (Å²) >= 11 is 12.4. The number of anilines is 1. The van der Waals surface area contributed by atoms with Gasteiger partial charge in [0.1, 0.15) is 12.6 Å². The number of unbranched alkanes of at least 4 members (excludes halogenated alkanes) is 1. The quantitative estimate of drug-likeness (QED) is 0.417. The Hall–Kier alpha value is -2.29. The number of benzene rings is 2. The molecule has 192 valence electrons. The van der Waals surface area contributed by atoms with E-state index in [9.17, 15) is 18.0 Å². The van der Waals surface area contributed by atoms with Gasteiger partial charge in [0.2, 0.25) is 21.8 Å². The highest BCUT2D eigenvalue weighted by Crippen LogP contribution is 2.26. The minimum Gasteiger partial charge on any atom is -0.354 e. The summed E-state index contributed by atoms with van der Waals surface area (Å²) in [5, 5.41) is 3.64. The SMILES string of the molecule is CCCCNC(=O)[C@@H](C)N(Cc1ccc(Cl)cc1Cl)C(=O)CN(c1cccc(C)c1C)S(C)(=O)=O. The first-order valence-electron chi connectivity index (χ1n) is 11.4. The van der Waals surface area contributed by atoms with Crippen molar-refractivity contribution in [3.8, 4) is 0 Å². The molecular formula is C25H33Cl2N3O4S. The van der Waals surface area contributed by atoms with Crippen LogP contribution in [0.4, 0.5) is 5.69 Å². The summed E-state index contributed by atoms with van der Waals surface area (Å²) in [6, 6.07) is 9.33. The molecule has 0 saturated heterocycles. The number of carbonyl (C=O) groups excluding carboxylic acids is 2. The summed E-state index contributed by atoms with van der Waals surface area (Å²) in [5.41, 5.74) is 2.67. The van der Waals surface area contributed by atoms with Gasteiger partial charge < -0.3 is 10.2 Å². The van der Waals surface area contributed by atoms with Gasteiger partial charge >= 0.3 is 0 Å². The molecule has 0 bridgehead atoms. The van der Waals surface area contributed by atoms with Gasteiger partial charge in [0.25, 0.3) is 0 Å². The first-order chi connectivity index (χ1) is 16.4. The number of halogens is 2. The maximum absolute atomic E-state index is 13.6. The van der Waals surface area contributed by atoms with E-state index in [1.807, 2.05) is 26.8 Å². The highest BCUT2D eigenvalue weighted by molar-refractivity contribution is 7.92. The van der Waals surface area contributed by atoms with Gasteiger partial charge in [-0.25, -0.2) is 8.42 Å². The third-order valence-electron chi connectivity index (χ3n) is 5.88. The molecule has 2 amide bonds. The summed E-state index contributed by atoms with van der Waals surface area (Å²) in [5.74, 6) is -0.852. The van der Waals surface area contributed by atoms with Crippen molar-refractivity contribution >= 4 is 50.7 Å². The van der Waals surface area contributed by atoms with Crippen LogP contribution in [0.3, 0.4) is 0 Å². The highest BCUT2D eigenvalue weighted by Gasteiger charge is 2.31. The van der Waals surface area contributed by atoms with Crippen molar-refractivity contribution in [1.82, 2.24) is 10.2 Å². The number of rotatable bonds is 11. The lowest BCUT2D eigenvalue weighted by atomic mass is 10.1. The monoisotopic (exact) mass is 541 g/mol. The molecular weight excluding hydrogens is 509 g/mol. The Morgan fingerprint density at radius 1 is 1.11 bits per heavy atom. The van der Waals surface area contributed by atoms with E-state index in [4.69, 9.17) is 23.2 Å². The van der Waals surface area contributed by atoms with E-state index in [1.165, 1.54) is 4.90 Å². The van der Waals surface area contributed by atoms with E-state index in [-0.39, 0.29) is 12.5 Å². The van der Waals surface area contributed by atoms with E-state index < -0.39 is 28.5 Å². The molecule has 0 fully saturated rings. The zero-order chi connectivity index (χ0) is 26.3. The standard InChI is InChI=1S/C25H33Cl2N3O4S/c1-6-7-13-28-25(32)19(4)29(15-20-11-12-21(26)14-22(20)27)24(31)16-30(35(5,33)34)23-10-8-9-17(2)18(23)3/h8-12,14,19H,6-7,13,15-16H2,1-5H3,(H,28,32)/t19-/m1/s1. The van der Waals surface area contributed by atoms with Crippen LogP contribution in [0, 0.1) is 13.8 Å². The van der Waals surface area contributed by atoms with Crippen molar-refractivity contribution in [3.63, 3.8) is 0 Å². The number of hydrogen-bond donors (Lipinski definition) is 1. The van der Waals surface area contributed by atoms with Gasteiger partial charge in [0, 0.05) is 23.1 Å². The van der Waals surface area contributed by atoms with Crippen molar-refractivity contribution in [2.24, 2.45) is 0 Å². The first-order valence-corrected chi connectivity index (χ1v) is 14.0. The average Bonchev–Trinajstić information content (AvgIpc) is 2.78. The molecule has 0 heterocycles. The molecule has 2 aromatic rings. The van der Waals surface area contributed by atoms with E-state index in [2.05, 4.69) is 5.32 Å². The fourth-order valence-electron chi connectivity index (χ4n) is 3.55. The Labute approximate surface area is 218 Å². The first kappa shape index (κ1) is 28.9.